The van der Waals surface area contributed by atoms with Crippen molar-refractivity contribution in [2.45, 2.75) is 18.8 Å². The molecule has 1 aromatic carbocycles. The van der Waals surface area contributed by atoms with Gasteiger partial charge in [-0.15, -0.1) is 10.2 Å². The van der Waals surface area contributed by atoms with E-state index in [9.17, 15) is 4.79 Å². The Morgan fingerprint density at radius 3 is 2.75 bits per heavy atom. The van der Waals surface area contributed by atoms with Crippen LogP contribution in [0.15, 0.2) is 24.3 Å². The number of amides is 1. The van der Waals surface area contributed by atoms with Crippen LogP contribution in [0.3, 0.4) is 0 Å². The number of carbonyl (C=O) groups is 1. The van der Waals surface area contributed by atoms with E-state index in [4.69, 9.17) is 5.84 Å². The van der Waals surface area contributed by atoms with Crippen LogP contribution in [0.1, 0.15) is 34.8 Å². The predicted molar refractivity (Wildman–Crippen MR) is 76.0 cm³/mol. The molecule has 3 rings (SSSR count). The summed E-state index contributed by atoms with van der Waals surface area (Å²) in [5, 5.41) is 12.5. The molecule has 1 amide bonds. The minimum atomic E-state index is -0.378. The number of carbonyl (C=O) groups excluding carboxylic acids is 1. The Kier molecular flexibility index (Phi) is 3.58. The number of benzene rings is 1. The van der Waals surface area contributed by atoms with Crippen molar-refractivity contribution in [1.29, 1.82) is 0 Å². The van der Waals surface area contributed by atoms with E-state index in [2.05, 4.69) is 20.9 Å². The van der Waals surface area contributed by atoms with E-state index in [1.165, 1.54) is 0 Å². The van der Waals surface area contributed by atoms with E-state index < -0.39 is 0 Å². The molecule has 1 aromatic heterocycles. The second-order valence-electron chi connectivity index (χ2n) is 4.98. The summed E-state index contributed by atoms with van der Waals surface area (Å²) in [5.74, 6) is 5.20. The van der Waals surface area contributed by atoms with Crippen LogP contribution in [0, 0.1) is 0 Å². The Morgan fingerprint density at radius 1 is 1.25 bits per heavy atom. The Bertz CT molecular complexity index is 636. The van der Waals surface area contributed by atoms with Gasteiger partial charge in [0.25, 0.3) is 5.91 Å². The van der Waals surface area contributed by atoms with E-state index in [0.717, 1.165) is 42.4 Å². The van der Waals surface area contributed by atoms with Crippen molar-refractivity contribution in [3.63, 3.8) is 0 Å². The highest BCUT2D eigenvalue weighted by atomic mass is 16.2. The average Bonchev–Trinajstić information content (AvgIpc) is 2.53. The summed E-state index contributed by atoms with van der Waals surface area (Å²) in [5.41, 5.74) is 4.30. The van der Waals surface area contributed by atoms with Gasteiger partial charge < -0.3 is 5.32 Å². The zero-order valence-electron chi connectivity index (χ0n) is 11.1. The number of hydrogen-bond acceptors (Lipinski definition) is 5. The van der Waals surface area contributed by atoms with Crippen LogP contribution in [0.2, 0.25) is 0 Å². The van der Waals surface area contributed by atoms with Gasteiger partial charge >= 0.3 is 0 Å². The smallest absolute Gasteiger partial charge is 0.286 e. The third kappa shape index (κ3) is 2.23. The Morgan fingerprint density at radius 2 is 2.00 bits per heavy atom. The molecule has 4 N–H and O–H groups in total. The third-order valence-electron chi connectivity index (χ3n) is 3.80. The number of hydrazine groups is 1. The summed E-state index contributed by atoms with van der Waals surface area (Å²) in [6, 6.07) is 7.79. The van der Waals surface area contributed by atoms with E-state index in [1.54, 1.807) is 0 Å². The summed E-state index contributed by atoms with van der Waals surface area (Å²) in [7, 11) is 0. The van der Waals surface area contributed by atoms with Gasteiger partial charge in [0.1, 0.15) is 0 Å². The topological polar surface area (TPSA) is 92.9 Å². The summed E-state index contributed by atoms with van der Waals surface area (Å²) in [6.45, 7) is 1.90. The lowest BCUT2D eigenvalue weighted by Gasteiger charge is -2.25. The van der Waals surface area contributed by atoms with Crippen molar-refractivity contribution in [2.75, 3.05) is 13.1 Å². The highest BCUT2D eigenvalue weighted by Gasteiger charge is 2.25. The molecule has 0 radical (unpaired) electrons. The summed E-state index contributed by atoms with van der Waals surface area (Å²) in [6.07, 6.45) is 1.97. The number of piperidine rings is 1. The van der Waals surface area contributed by atoms with Crippen molar-refractivity contribution in [3.8, 4) is 0 Å². The van der Waals surface area contributed by atoms with Crippen LogP contribution in [0.4, 0.5) is 0 Å². The van der Waals surface area contributed by atoms with Gasteiger partial charge in [0.15, 0.2) is 5.69 Å². The highest BCUT2D eigenvalue weighted by molar-refractivity contribution is 5.98. The van der Waals surface area contributed by atoms with Crippen LogP contribution < -0.4 is 16.6 Å². The van der Waals surface area contributed by atoms with Gasteiger partial charge in [-0.05, 0) is 43.5 Å². The lowest BCUT2D eigenvalue weighted by molar-refractivity contribution is 0.0946. The zero-order valence-corrected chi connectivity index (χ0v) is 11.1. The number of nitrogens with two attached hydrogens (primary N) is 1. The molecule has 0 saturated carbocycles. The lowest BCUT2D eigenvalue weighted by Crippen LogP contribution is -2.33. The molecule has 2 aromatic rings. The predicted octanol–water partition coefficient (Wildman–Crippen LogP) is 0.700. The average molecular weight is 271 g/mol. The molecule has 0 bridgehead atoms. The third-order valence-corrected chi connectivity index (χ3v) is 3.80. The number of hydrogen-bond donors (Lipinski definition) is 3. The first-order valence-corrected chi connectivity index (χ1v) is 6.78. The molecule has 1 aliphatic heterocycles. The molecule has 6 nitrogen and oxygen atoms in total. The van der Waals surface area contributed by atoms with Gasteiger partial charge in [0, 0.05) is 5.39 Å². The van der Waals surface area contributed by atoms with Gasteiger partial charge in [-0.3, -0.25) is 10.2 Å². The van der Waals surface area contributed by atoms with Gasteiger partial charge in [0.2, 0.25) is 0 Å². The molecule has 1 aliphatic rings. The van der Waals surface area contributed by atoms with Gasteiger partial charge in [-0.2, -0.15) is 0 Å². The molecule has 6 heteroatoms. The number of aromatic nitrogens is 2. The van der Waals surface area contributed by atoms with Crippen molar-refractivity contribution in [2.24, 2.45) is 5.84 Å². The maximum Gasteiger partial charge on any atom is 0.286 e. The van der Waals surface area contributed by atoms with Gasteiger partial charge in [-0.1, -0.05) is 18.2 Å². The first-order valence-electron chi connectivity index (χ1n) is 6.78. The maximum absolute atomic E-state index is 12.0. The molecule has 0 aliphatic carbocycles. The monoisotopic (exact) mass is 271 g/mol. The Labute approximate surface area is 116 Å². The maximum atomic E-state index is 12.0. The van der Waals surface area contributed by atoms with E-state index >= 15 is 0 Å². The second kappa shape index (κ2) is 5.52. The lowest BCUT2D eigenvalue weighted by atomic mass is 9.86. The highest BCUT2D eigenvalue weighted by Crippen LogP contribution is 2.32. The largest absolute Gasteiger partial charge is 0.317 e. The number of fused-ring (bicyclic) bond motifs is 1. The van der Waals surface area contributed by atoms with Crippen LogP contribution in [-0.4, -0.2) is 29.2 Å². The molecule has 2 heterocycles. The fraction of sp³-hybridized carbons (Fsp3) is 0.357. The summed E-state index contributed by atoms with van der Waals surface area (Å²) in [4.78, 5) is 12.0. The van der Waals surface area contributed by atoms with Crippen LogP contribution in [-0.2, 0) is 0 Å². The summed E-state index contributed by atoms with van der Waals surface area (Å²) < 4.78 is 0. The molecular formula is C14H17N5O. The minimum absolute atomic E-state index is 0.309. The molecule has 0 spiro atoms. The number of rotatable bonds is 2. The van der Waals surface area contributed by atoms with Crippen molar-refractivity contribution in [1.82, 2.24) is 20.9 Å². The SMILES string of the molecule is NNC(=O)c1nnc2ccccc2c1C1CCNCC1. The van der Waals surface area contributed by atoms with Crippen molar-refractivity contribution >= 4 is 16.8 Å². The van der Waals surface area contributed by atoms with Gasteiger partial charge in [-0.25, -0.2) is 5.84 Å². The standard InChI is InChI=1S/C14H17N5O/c15-17-14(20)13-12(9-5-7-16-8-6-9)10-3-1-2-4-11(10)18-19-13/h1-4,9,16H,5-8,15H2,(H,17,20). The first kappa shape index (κ1) is 13.0. The van der Waals surface area contributed by atoms with Crippen molar-refractivity contribution < 1.29 is 4.79 Å². The zero-order chi connectivity index (χ0) is 13.9. The Hall–Kier alpha value is -2.05. The molecule has 1 fully saturated rings. The number of nitrogens with one attached hydrogen (secondary N) is 2. The number of nitrogen functional groups attached to an aromatic ring is 1. The quantitative estimate of drug-likeness (QED) is 0.425. The number of nitrogens with zero attached hydrogens (tertiary/aromatic N) is 2. The normalized spacial score (nSPS) is 16.2. The first-order chi connectivity index (χ1) is 9.81. The Balaban J connectivity index is 2.19. The summed E-state index contributed by atoms with van der Waals surface area (Å²) >= 11 is 0. The fourth-order valence-electron chi connectivity index (χ4n) is 2.83. The molecule has 0 atom stereocenters. The molecule has 104 valence electrons. The van der Waals surface area contributed by atoms with E-state index in [0.29, 0.717) is 11.6 Å². The van der Waals surface area contributed by atoms with Crippen LogP contribution >= 0.6 is 0 Å². The van der Waals surface area contributed by atoms with Gasteiger partial charge in [0.05, 0.1) is 5.52 Å². The molecule has 20 heavy (non-hydrogen) atoms. The van der Waals surface area contributed by atoms with E-state index in [-0.39, 0.29) is 5.91 Å². The molecule has 0 unspecified atom stereocenters. The van der Waals surface area contributed by atoms with E-state index in [1.807, 2.05) is 24.3 Å². The van der Waals surface area contributed by atoms with Crippen molar-refractivity contribution in [3.05, 3.63) is 35.5 Å². The minimum Gasteiger partial charge on any atom is -0.317 e. The van der Waals surface area contributed by atoms with Crippen LogP contribution in [0.25, 0.3) is 10.9 Å². The fourth-order valence-corrected chi connectivity index (χ4v) is 2.83. The van der Waals surface area contributed by atoms with Crippen LogP contribution in [0.5, 0.6) is 0 Å². The molecule has 1 saturated heterocycles. The second-order valence-corrected chi connectivity index (χ2v) is 4.98. The molecular weight excluding hydrogens is 254 g/mol.